The van der Waals surface area contributed by atoms with Gasteiger partial charge in [0.25, 0.3) is 10.5 Å². The molecule has 0 radical (unpaired) electrons. The molecule has 3 rings (SSSR count). The zero-order valence-corrected chi connectivity index (χ0v) is 13.3. The first-order chi connectivity index (χ1) is 10.00. The van der Waals surface area contributed by atoms with Crippen LogP contribution in [-0.4, -0.2) is 15.4 Å². The lowest BCUT2D eigenvalue weighted by Gasteiger charge is -2.48. The van der Waals surface area contributed by atoms with Gasteiger partial charge in [-0.05, 0) is 39.2 Å². The van der Waals surface area contributed by atoms with Crippen LogP contribution < -0.4 is 0 Å². The van der Waals surface area contributed by atoms with E-state index in [9.17, 15) is 9.18 Å². The van der Waals surface area contributed by atoms with Gasteiger partial charge in [-0.1, -0.05) is 54.1 Å². The van der Waals surface area contributed by atoms with Gasteiger partial charge >= 0.3 is 0 Å². The second-order valence-corrected chi connectivity index (χ2v) is 6.59. The van der Waals surface area contributed by atoms with Crippen molar-refractivity contribution in [1.82, 2.24) is 4.90 Å². The highest BCUT2D eigenvalue weighted by atomic mass is 79.9. The Hall–Kier alpha value is -1.39. The molecular weight excluding hydrogens is 357 g/mol. The molecule has 2 nitrogen and oxygen atoms in total. The van der Waals surface area contributed by atoms with E-state index in [0.717, 1.165) is 5.56 Å². The van der Waals surface area contributed by atoms with E-state index in [0.29, 0.717) is 17.1 Å². The van der Waals surface area contributed by atoms with E-state index in [1.54, 1.807) is 24.3 Å². The van der Waals surface area contributed by atoms with Crippen molar-refractivity contribution in [3.63, 3.8) is 0 Å². The molecule has 1 amide bonds. The van der Waals surface area contributed by atoms with Gasteiger partial charge in [0.1, 0.15) is 6.04 Å². The van der Waals surface area contributed by atoms with Gasteiger partial charge in [0.2, 0.25) is 0 Å². The largest absolute Gasteiger partial charge is 0.323 e. The summed E-state index contributed by atoms with van der Waals surface area (Å²) < 4.78 is 12.5. The number of β-lactam (4-membered cyclic amide) rings is 1. The van der Waals surface area contributed by atoms with Gasteiger partial charge in [-0.2, -0.15) is 0 Å². The molecule has 2 aromatic rings. The molecule has 5 heteroatoms. The molecule has 0 N–H and O–H groups in total. The second-order valence-electron chi connectivity index (χ2n) is 5.00. The van der Waals surface area contributed by atoms with E-state index in [4.69, 9.17) is 11.6 Å². The number of benzene rings is 2. The maximum absolute atomic E-state index is 14.5. The number of hydrogen-bond acceptors (Lipinski definition) is 1. The lowest BCUT2D eigenvalue weighted by molar-refractivity contribution is -0.164. The summed E-state index contributed by atoms with van der Waals surface area (Å²) in [5.74, 6) is -0.559. The van der Waals surface area contributed by atoms with Crippen LogP contribution in [0.4, 0.5) is 4.39 Å². The highest BCUT2D eigenvalue weighted by Crippen LogP contribution is 2.51. The number of rotatable bonds is 3. The average Bonchev–Trinajstić information content (AvgIpc) is 2.47. The molecule has 0 bridgehead atoms. The first-order valence-corrected chi connectivity index (χ1v) is 7.65. The molecule has 0 aromatic heterocycles. The Bertz CT molecular complexity index is 677. The fourth-order valence-corrected chi connectivity index (χ4v) is 3.50. The Morgan fingerprint density at radius 2 is 1.90 bits per heavy atom. The predicted octanol–water partition coefficient (Wildman–Crippen LogP) is 4.48. The summed E-state index contributed by atoms with van der Waals surface area (Å²) >= 11 is 8.88. The summed E-state index contributed by atoms with van der Waals surface area (Å²) in [5.41, 5.74) is 1.64. The lowest BCUT2D eigenvalue weighted by atomic mass is 9.91. The minimum absolute atomic E-state index is 0.369. The van der Waals surface area contributed by atoms with Crippen molar-refractivity contribution in [3.05, 3.63) is 70.7 Å². The number of alkyl halides is 2. The molecule has 0 aliphatic carbocycles. The Balaban J connectivity index is 1.91. The summed E-state index contributed by atoms with van der Waals surface area (Å²) in [5, 5.41) is 0.523. The third-order valence-electron chi connectivity index (χ3n) is 3.56. The van der Waals surface area contributed by atoms with Crippen LogP contribution in [0, 0.1) is 0 Å². The van der Waals surface area contributed by atoms with Gasteiger partial charge in [-0.15, -0.1) is 0 Å². The number of amides is 1. The van der Waals surface area contributed by atoms with Gasteiger partial charge < -0.3 is 4.90 Å². The van der Waals surface area contributed by atoms with Gasteiger partial charge in [0, 0.05) is 11.6 Å². The van der Waals surface area contributed by atoms with E-state index in [1.165, 1.54) is 4.90 Å². The number of hydrogen-bond donors (Lipinski definition) is 0. The zero-order chi connectivity index (χ0) is 15.0. The average molecular weight is 369 g/mol. The predicted molar refractivity (Wildman–Crippen MR) is 84.0 cm³/mol. The van der Waals surface area contributed by atoms with E-state index < -0.39 is 16.5 Å². The van der Waals surface area contributed by atoms with Crippen LogP contribution in [0.2, 0.25) is 5.02 Å². The van der Waals surface area contributed by atoms with Crippen LogP contribution in [0.5, 0.6) is 0 Å². The quantitative estimate of drug-likeness (QED) is 0.577. The van der Waals surface area contributed by atoms with Crippen LogP contribution in [0.25, 0.3) is 0 Å². The number of halogens is 3. The summed E-state index contributed by atoms with van der Waals surface area (Å²) in [6.07, 6.45) is 0. The summed E-state index contributed by atoms with van der Waals surface area (Å²) in [6.45, 7) is 0.369. The van der Waals surface area contributed by atoms with Gasteiger partial charge in [-0.25, -0.2) is 4.39 Å². The molecule has 0 unspecified atom stereocenters. The van der Waals surface area contributed by atoms with Crippen LogP contribution in [-0.2, 0) is 11.3 Å². The summed E-state index contributed by atoms with van der Waals surface area (Å²) in [4.78, 5) is 13.5. The lowest BCUT2D eigenvalue weighted by Crippen LogP contribution is -2.62. The van der Waals surface area contributed by atoms with Crippen LogP contribution in [0.1, 0.15) is 17.2 Å². The van der Waals surface area contributed by atoms with Gasteiger partial charge in [0.05, 0.1) is 0 Å². The first-order valence-electron chi connectivity index (χ1n) is 6.48. The Kier molecular flexibility index (Phi) is 3.76. The van der Waals surface area contributed by atoms with Crippen molar-refractivity contribution in [1.29, 1.82) is 0 Å². The Morgan fingerprint density at radius 3 is 2.57 bits per heavy atom. The Labute approximate surface area is 135 Å². The fourth-order valence-electron chi connectivity index (χ4n) is 2.56. The zero-order valence-electron chi connectivity index (χ0n) is 11.0. The molecule has 0 saturated carbocycles. The fraction of sp³-hybridized carbons (Fsp3) is 0.188. The van der Waals surface area contributed by atoms with E-state index in [2.05, 4.69) is 15.9 Å². The number of nitrogens with zero attached hydrogens (tertiary/aromatic N) is 1. The topological polar surface area (TPSA) is 20.3 Å². The SMILES string of the molecule is O=C1N(Cc2ccccc2)[C@H](c2cccc(Cl)c2)[C@]1(F)Br. The van der Waals surface area contributed by atoms with Crippen molar-refractivity contribution >= 4 is 33.4 Å². The maximum Gasteiger partial charge on any atom is 0.274 e. The second kappa shape index (κ2) is 5.43. The molecule has 108 valence electrons. The van der Waals surface area contributed by atoms with E-state index in [-0.39, 0.29) is 0 Å². The normalized spacial score (nSPS) is 24.8. The number of carbonyl (C=O) groups excluding carboxylic acids is 1. The van der Waals surface area contributed by atoms with Crippen molar-refractivity contribution in [2.24, 2.45) is 0 Å². The Morgan fingerprint density at radius 1 is 1.19 bits per heavy atom. The van der Waals surface area contributed by atoms with Crippen LogP contribution in [0.15, 0.2) is 54.6 Å². The van der Waals surface area contributed by atoms with Gasteiger partial charge in [0.15, 0.2) is 0 Å². The monoisotopic (exact) mass is 367 g/mol. The van der Waals surface area contributed by atoms with E-state index in [1.807, 2.05) is 30.3 Å². The van der Waals surface area contributed by atoms with E-state index >= 15 is 0 Å². The van der Waals surface area contributed by atoms with Crippen molar-refractivity contribution < 1.29 is 9.18 Å². The molecule has 1 fully saturated rings. The molecule has 1 aliphatic rings. The molecule has 1 aliphatic heterocycles. The van der Waals surface area contributed by atoms with Crippen molar-refractivity contribution in [2.75, 3.05) is 0 Å². The standard InChI is InChI=1S/C16H12BrClFNO/c17-16(19)14(12-7-4-8-13(18)9-12)20(15(16)21)10-11-5-2-1-3-6-11/h1-9,14H,10H2/t14-,16-/m1/s1. The summed E-state index contributed by atoms with van der Waals surface area (Å²) in [7, 11) is 0. The summed E-state index contributed by atoms with van der Waals surface area (Å²) in [6, 6.07) is 15.8. The third-order valence-corrected chi connectivity index (χ3v) is 4.57. The highest BCUT2D eigenvalue weighted by Gasteiger charge is 2.61. The van der Waals surface area contributed by atoms with Crippen molar-refractivity contribution in [3.8, 4) is 0 Å². The molecule has 2 aromatic carbocycles. The molecular formula is C16H12BrClFNO. The van der Waals surface area contributed by atoms with Crippen molar-refractivity contribution in [2.45, 2.75) is 17.2 Å². The number of likely N-dealkylation sites (tertiary alicyclic amines) is 1. The maximum atomic E-state index is 14.5. The molecule has 1 heterocycles. The number of carbonyl (C=O) groups is 1. The third kappa shape index (κ3) is 2.58. The molecule has 0 spiro atoms. The van der Waals surface area contributed by atoms with Gasteiger partial charge in [-0.3, -0.25) is 4.79 Å². The highest BCUT2D eigenvalue weighted by molar-refractivity contribution is 9.10. The smallest absolute Gasteiger partial charge is 0.274 e. The minimum Gasteiger partial charge on any atom is -0.323 e. The van der Waals surface area contributed by atoms with Crippen LogP contribution >= 0.6 is 27.5 Å². The molecule has 21 heavy (non-hydrogen) atoms. The first kappa shape index (κ1) is 14.5. The molecule has 1 saturated heterocycles. The molecule has 2 atom stereocenters. The minimum atomic E-state index is -2.06. The van der Waals surface area contributed by atoms with Crippen LogP contribution in [0.3, 0.4) is 0 Å².